The van der Waals surface area contributed by atoms with Gasteiger partial charge in [-0.2, -0.15) is 5.10 Å². The van der Waals surface area contributed by atoms with Crippen LogP contribution in [0.2, 0.25) is 0 Å². The van der Waals surface area contributed by atoms with Crippen molar-refractivity contribution in [2.75, 3.05) is 0 Å². The Bertz CT molecular complexity index is 1210. The summed E-state index contributed by atoms with van der Waals surface area (Å²) in [6, 6.07) is 7.35. The minimum Gasteiger partial charge on any atom is -0.345 e. The van der Waals surface area contributed by atoms with E-state index in [9.17, 15) is 9.18 Å². The van der Waals surface area contributed by atoms with Gasteiger partial charge in [-0.1, -0.05) is 5.16 Å². The molecule has 148 valence electrons. The summed E-state index contributed by atoms with van der Waals surface area (Å²) in [6.45, 7) is 5.57. The maximum atomic E-state index is 13.3. The highest BCUT2D eigenvalue weighted by Crippen LogP contribution is 2.28. The normalized spacial score (nSPS) is 12.3. The monoisotopic (exact) mass is 393 g/mol. The number of halogens is 1. The number of hydrogen-bond acceptors (Lipinski definition) is 5. The molecule has 0 aliphatic rings. The summed E-state index contributed by atoms with van der Waals surface area (Å²) in [7, 11) is 1.84. The number of carbonyl (C=O) groups excluding carboxylic acids is 1. The third kappa shape index (κ3) is 3.49. The van der Waals surface area contributed by atoms with E-state index >= 15 is 0 Å². The second-order valence-electron chi connectivity index (χ2n) is 7.05. The maximum absolute atomic E-state index is 13.3. The van der Waals surface area contributed by atoms with Gasteiger partial charge in [0, 0.05) is 24.4 Å². The summed E-state index contributed by atoms with van der Waals surface area (Å²) in [4.78, 5) is 17.6. The average Bonchev–Trinajstić information content (AvgIpc) is 3.23. The number of fused-ring (bicyclic) bond motifs is 1. The van der Waals surface area contributed by atoms with E-state index < -0.39 is 0 Å². The van der Waals surface area contributed by atoms with Crippen molar-refractivity contribution in [2.24, 2.45) is 7.05 Å². The van der Waals surface area contributed by atoms with Gasteiger partial charge in [0.05, 0.1) is 34.1 Å². The lowest BCUT2D eigenvalue weighted by molar-refractivity contribution is 0.0941. The smallest absolute Gasteiger partial charge is 0.259 e. The number of nitrogens with one attached hydrogen (secondary N) is 1. The van der Waals surface area contributed by atoms with E-state index in [1.54, 1.807) is 29.8 Å². The van der Waals surface area contributed by atoms with Crippen molar-refractivity contribution in [2.45, 2.75) is 26.8 Å². The number of pyridine rings is 1. The molecule has 0 aliphatic carbocycles. The van der Waals surface area contributed by atoms with Crippen LogP contribution in [0.25, 0.3) is 22.4 Å². The fraction of sp³-hybridized carbons (Fsp3) is 0.238. The highest BCUT2D eigenvalue weighted by molar-refractivity contribution is 6.07. The fourth-order valence-corrected chi connectivity index (χ4v) is 3.44. The van der Waals surface area contributed by atoms with Crippen molar-refractivity contribution in [1.82, 2.24) is 25.2 Å². The van der Waals surface area contributed by atoms with Gasteiger partial charge in [0.2, 0.25) is 0 Å². The number of amides is 1. The lowest BCUT2D eigenvalue weighted by atomic mass is 10.0. The van der Waals surface area contributed by atoms with E-state index in [1.807, 2.05) is 27.1 Å². The van der Waals surface area contributed by atoms with Crippen molar-refractivity contribution in [3.63, 3.8) is 0 Å². The molecule has 4 rings (SSSR count). The van der Waals surface area contributed by atoms with E-state index in [1.165, 1.54) is 12.1 Å². The van der Waals surface area contributed by atoms with Crippen LogP contribution in [0.4, 0.5) is 4.39 Å². The molecular formula is C21H20FN5O2. The van der Waals surface area contributed by atoms with E-state index in [2.05, 4.69) is 20.6 Å². The quantitative estimate of drug-likeness (QED) is 0.569. The number of aromatic nitrogens is 4. The summed E-state index contributed by atoms with van der Waals surface area (Å²) >= 11 is 0. The first-order valence-electron chi connectivity index (χ1n) is 9.17. The summed E-state index contributed by atoms with van der Waals surface area (Å²) in [5.74, 6) is -0.619. The first-order valence-corrected chi connectivity index (χ1v) is 9.17. The molecule has 0 radical (unpaired) electrons. The zero-order chi connectivity index (χ0) is 20.7. The van der Waals surface area contributed by atoms with Crippen molar-refractivity contribution in [3.8, 4) is 11.3 Å². The molecule has 3 heterocycles. The Kier molecular flexibility index (Phi) is 4.62. The molecule has 0 saturated heterocycles. The molecule has 0 spiro atoms. The Balaban J connectivity index is 1.75. The molecule has 0 bridgehead atoms. The molecule has 1 aromatic carbocycles. The van der Waals surface area contributed by atoms with Crippen molar-refractivity contribution in [3.05, 3.63) is 64.9 Å². The van der Waals surface area contributed by atoms with Crippen LogP contribution in [0.15, 0.2) is 41.1 Å². The van der Waals surface area contributed by atoms with Crippen LogP contribution in [-0.2, 0) is 7.05 Å². The lowest BCUT2D eigenvalue weighted by Crippen LogP contribution is -2.27. The number of rotatable bonds is 4. The number of hydrogen-bond donors (Lipinski definition) is 1. The van der Waals surface area contributed by atoms with E-state index in [-0.39, 0.29) is 23.5 Å². The Labute approximate surface area is 166 Å². The van der Waals surface area contributed by atoms with Gasteiger partial charge < -0.3 is 9.84 Å². The molecule has 1 N–H and O–H groups in total. The Morgan fingerprint density at radius 1 is 1.21 bits per heavy atom. The molecule has 0 unspecified atom stereocenters. The third-order valence-electron chi connectivity index (χ3n) is 4.87. The predicted molar refractivity (Wildman–Crippen MR) is 106 cm³/mol. The molecular weight excluding hydrogens is 373 g/mol. The summed E-state index contributed by atoms with van der Waals surface area (Å²) in [5.41, 5.74) is 4.21. The Hall–Kier alpha value is -3.55. The predicted octanol–water partition coefficient (Wildman–Crippen LogP) is 3.87. The van der Waals surface area contributed by atoms with Gasteiger partial charge in [-0.3, -0.25) is 9.48 Å². The molecule has 4 aromatic rings. The largest absolute Gasteiger partial charge is 0.345 e. The van der Waals surface area contributed by atoms with E-state index in [0.717, 1.165) is 11.3 Å². The van der Waals surface area contributed by atoms with Crippen LogP contribution in [0.3, 0.4) is 0 Å². The second kappa shape index (κ2) is 7.12. The van der Waals surface area contributed by atoms with E-state index in [4.69, 9.17) is 4.52 Å². The first-order chi connectivity index (χ1) is 13.8. The van der Waals surface area contributed by atoms with Gasteiger partial charge in [-0.25, -0.2) is 9.37 Å². The highest BCUT2D eigenvalue weighted by Gasteiger charge is 2.22. The number of nitrogens with zero attached hydrogens (tertiary/aromatic N) is 4. The van der Waals surface area contributed by atoms with Crippen LogP contribution in [0, 0.1) is 19.7 Å². The van der Waals surface area contributed by atoms with Crippen LogP contribution in [-0.4, -0.2) is 25.8 Å². The van der Waals surface area contributed by atoms with Gasteiger partial charge in [0.25, 0.3) is 11.6 Å². The van der Waals surface area contributed by atoms with Crippen LogP contribution in [0.5, 0.6) is 0 Å². The third-order valence-corrected chi connectivity index (χ3v) is 4.87. The van der Waals surface area contributed by atoms with Crippen LogP contribution < -0.4 is 5.32 Å². The SMILES string of the molecule is Cc1nn(C)cc1[C@@H](C)NC(=O)c1cc(-c2ccc(F)cc2)nc2onc(C)c12. The van der Waals surface area contributed by atoms with Gasteiger partial charge in [-0.15, -0.1) is 0 Å². The zero-order valence-electron chi connectivity index (χ0n) is 16.5. The van der Waals surface area contributed by atoms with E-state index in [0.29, 0.717) is 27.9 Å². The Morgan fingerprint density at radius 3 is 2.59 bits per heavy atom. The van der Waals surface area contributed by atoms with Crippen molar-refractivity contribution in [1.29, 1.82) is 0 Å². The molecule has 29 heavy (non-hydrogen) atoms. The van der Waals surface area contributed by atoms with Gasteiger partial charge >= 0.3 is 0 Å². The average molecular weight is 393 g/mol. The number of benzene rings is 1. The van der Waals surface area contributed by atoms with Crippen LogP contribution in [0.1, 0.15) is 40.3 Å². The van der Waals surface area contributed by atoms with Crippen LogP contribution >= 0.6 is 0 Å². The molecule has 0 fully saturated rings. The molecule has 7 nitrogen and oxygen atoms in total. The molecule has 0 saturated carbocycles. The Morgan fingerprint density at radius 2 is 1.93 bits per heavy atom. The summed E-state index contributed by atoms with van der Waals surface area (Å²) in [5, 5.41) is 11.9. The molecule has 1 amide bonds. The fourth-order valence-electron chi connectivity index (χ4n) is 3.44. The zero-order valence-corrected chi connectivity index (χ0v) is 16.5. The highest BCUT2D eigenvalue weighted by atomic mass is 19.1. The van der Waals surface area contributed by atoms with Gasteiger partial charge in [-0.05, 0) is 51.1 Å². The van der Waals surface area contributed by atoms with Gasteiger partial charge in [0.1, 0.15) is 5.82 Å². The maximum Gasteiger partial charge on any atom is 0.259 e. The minimum absolute atomic E-state index is 0.242. The number of aryl methyl sites for hydroxylation is 3. The molecule has 1 atom stereocenters. The molecule has 3 aromatic heterocycles. The molecule has 8 heteroatoms. The summed E-state index contributed by atoms with van der Waals surface area (Å²) in [6.07, 6.45) is 1.89. The standard InChI is InChI=1S/C21H20FN5O2/c1-11(17-10-27(4)25-12(17)2)23-20(28)16-9-18(14-5-7-15(22)8-6-14)24-21-19(16)13(3)26-29-21/h5-11H,1-4H3,(H,23,28)/t11-/m1/s1. The molecule has 0 aliphatic heterocycles. The summed E-state index contributed by atoms with van der Waals surface area (Å²) < 4.78 is 20.3. The topological polar surface area (TPSA) is 85.8 Å². The van der Waals surface area contributed by atoms with Crippen molar-refractivity contribution < 1.29 is 13.7 Å². The van der Waals surface area contributed by atoms with Crippen molar-refractivity contribution >= 4 is 17.0 Å². The minimum atomic E-state index is -0.344. The second-order valence-corrected chi connectivity index (χ2v) is 7.05. The first kappa shape index (κ1) is 18.8. The van der Waals surface area contributed by atoms with Gasteiger partial charge in [0.15, 0.2) is 0 Å². The number of carbonyl (C=O) groups is 1. The lowest BCUT2D eigenvalue weighted by Gasteiger charge is -2.14.